The molecule has 24 heavy (non-hydrogen) atoms. The molecule has 3 heterocycles. The van der Waals surface area contributed by atoms with Crippen LogP contribution in [0, 0.1) is 5.92 Å². The van der Waals surface area contributed by atoms with Gasteiger partial charge in [-0.25, -0.2) is 0 Å². The lowest BCUT2D eigenvalue weighted by Gasteiger charge is -2.33. The van der Waals surface area contributed by atoms with Crippen molar-refractivity contribution in [3.05, 3.63) is 41.7 Å². The van der Waals surface area contributed by atoms with E-state index in [0.29, 0.717) is 12.3 Å². The van der Waals surface area contributed by atoms with Gasteiger partial charge in [0.1, 0.15) is 0 Å². The second-order valence-corrected chi connectivity index (χ2v) is 7.09. The summed E-state index contributed by atoms with van der Waals surface area (Å²) in [4.78, 5) is 4.68. The molecule has 2 aromatic heterocycles. The fourth-order valence-electron chi connectivity index (χ4n) is 3.47. The van der Waals surface area contributed by atoms with Gasteiger partial charge in [0.25, 0.3) is 0 Å². The number of aromatic nitrogens is 4. The Morgan fingerprint density at radius 3 is 2.92 bits per heavy atom. The summed E-state index contributed by atoms with van der Waals surface area (Å²) in [7, 11) is 0. The Morgan fingerprint density at radius 1 is 1.25 bits per heavy atom. The quantitative estimate of drug-likeness (QED) is 0.796. The average molecular weight is 326 g/mol. The van der Waals surface area contributed by atoms with Gasteiger partial charge in [-0.05, 0) is 36.5 Å². The summed E-state index contributed by atoms with van der Waals surface area (Å²) in [5.74, 6) is 1.98. The molecular formula is C18H22N4O2. The van der Waals surface area contributed by atoms with Crippen molar-refractivity contribution in [2.24, 2.45) is 5.92 Å². The molecule has 1 fully saturated rings. The molecule has 1 N–H and O–H groups in total. The minimum absolute atomic E-state index is 0.121. The Balaban J connectivity index is 1.53. The largest absolute Gasteiger partial charge is 0.381 e. The minimum atomic E-state index is -0.121. The van der Waals surface area contributed by atoms with Crippen molar-refractivity contribution in [1.29, 1.82) is 0 Å². The summed E-state index contributed by atoms with van der Waals surface area (Å²) < 4.78 is 11.1. The van der Waals surface area contributed by atoms with Gasteiger partial charge in [-0.3, -0.25) is 5.10 Å². The number of nitrogens with one attached hydrogen (secondary N) is 1. The van der Waals surface area contributed by atoms with E-state index < -0.39 is 0 Å². The van der Waals surface area contributed by atoms with Crippen LogP contribution in [0.2, 0.25) is 0 Å². The van der Waals surface area contributed by atoms with Crippen LogP contribution < -0.4 is 0 Å². The molecule has 1 aliphatic heterocycles. The van der Waals surface area contributed by atoms with Gasteiger partial charge >= 0.3 is 0 Å². The molecule has 0 amide bonds. The molecule has 3 aromatic rings. The number of rotatable bonds is 4. The number of nitrogens with zero attached hydrogens (tertiary/aromatic N) is 3. The highest BCUT2D eigenvalue weighted by Gasteiger charge is 2.37. The molecule has 0 radical (unpaired) electrons. The maximum absolute atomic E-state index is 5.61. The fourth-order valence-corrected chi connectivity index (χ4v) is 3.47. The second kappa shape index (κ2) is 6.02. The lowest BCUT2D eigenvalue weighted by Crippen LogP contribution is -2.33. The zero-order valence-corrected chi connectivity index (χ0v) is 14.1. The lowest BCUT2D eigenvalue weighted by molar-refractivity contribution is 0.0368. The molecule has 0 atom stereocenters. The van der Waals surface area contributed by atoms with Gasteiger partial charge in [0.2, 0.25) is 5.89 Å². The topological polar surface area (TPSA) is 76.8 Å². The van der Waals surface area contributed by atoms with Crippen LogP contribution in [0.1, 0.15) is 44.0 Å². The molecule has 1 aliphatic rings. The van der Waals surface area contributed by atoms with Crippen molar-refractivity contribution < 1.29 is 9.26 Å². The molecular weight excluding hydrogens is 304 g/mol. The maximum Gasteiger partial charge on any atom is 0.232 e. The average Bonchev–Trinajstić information content (AvgIpc) is 3.25. The van der Waals surface area contributed by atoms with E-state index >= 15 is 0 Å². The highest BCUT2D eigenvalue weighted by Crippen LogP contribution is 2.36. The summed E-state index contributed by atoms with van der Waals surface area (Å²) in [6.45, 7) is 6.02. The third-order valence-electron chi connectivity index (χ3n) is 5.13. The first-order valence-corrected chi connectivity index (χ1v) is 8.46. The molecule has 126 valence electrons. The fraction of sp³-hybridized carbons (Fsp3) is 0.500. The van der Waals surface area contributed by atoms with E-state index in [4.69, 9.17) is 9.26 Å². The Bertz CT molecular complexity index is 830. The summed E-state index contributed by atoms with van der Waals surface area (Å²) in [6.07, 6.45) is 4.58. The van der Waals surface area contributed by atoms with E-state index in [9.17, 15) is 0 Å². The third kappa shape index (κ3) is 2.82. The smallest absolute Gasteiger partial charge is 0.232 e. The van der Waals surface area contributed by atoms with Gasteiger partial charge in [0.15, 0.2) is 5.82 Å². The Hall–Kier alpha value is -2.21. The van der Waals surface area contributed by atoms with Crippen LogP contribution >= 0.6 is 0 Å². The van der Waals surface area contributed by atoms with Crippen LogP contribution in [-0.4, -0.2) is 33.6 Å². The number of benzene rings is 1. The SMILES string of the molecule is CC(C)(c1nc(Cc2ccc3[nH]ncc3c2)no1)C1CCOCC1. The third-order valence-corrected chi connectivity index (χ3v) is 5.13. The number of aromatic amines is 1. The molecule has 6 heteroatoms. The summed E-state index contributed by atoms with van der Waals surface area (Å²) >= 11 is 0. The molecule has 6 nitrogen and oxygen atoms in total. The molecule has 0 saturated carbocycles. The first-order valence-electron chi connectivity index (χ1n) is 8.46. The van der Waals surface area contributed by atoms with E-state index in [1.54, 1.807) is 0 Å². The second-order valence-electron chi connectivity index (χ2n) is 7.09. The van der Waals surface area contributed by atoms with Crippen molar-refractivity contribution >= 4 is 10.9 Å². The molecule has 1 aromatic carbocycles. The van der Waals surface area contributed by atoms with Crippen LogP contribution in [0.4, 0.5) is 0 Å². The Morgan fingerprint density at radius 2 is 2.08 bits per heavy atom. The summed E-state index contributed by atoms with van der Waals surface area (Å²) in [6, 6.07) is 6.21. The first-order chi connectivity index (χ1) is 11.6. The number of fused-ring (bicyclic) bond motifs is 1. The first kappa shape index (κ1) is 15.3. The predicted molar refractivity (Wildman–Crippen MR) is 89.8 cm³/mol. The van der Waals surface area contributed by atoms with Crippen LogP contribution in [-0.2, 0) is 16.6 Å². The van der Waals surface area contributed by atoms with E-state index in [1.165, 1.54) is 0 Å². The maximum atomic E-state index is 5.61. The number of hydrogen-bond donors (Lipinski definition) is 1. The molecule has 1 saturated heterocycles. The van der Waals surface area contributed by atoms with Crippen LogP contribution in [0.25, 0.3) is 10.9 Å². The van der Waals surface area contributed by atoms with Gasteiger partial charge in [0, 0.05) is 30.4 Å². The summed E-state index contributed by atoms with van der Waals surface area (Å²) in [5, 5.41) is 12.3. The van der Waals surface area contributed by atoms with E-state index in [-0.39, 0.29) is 5.41 Å². The molecule has 0 spiro atoms. The van der Waals surface area contributed by atoms with Crippen LogP contribution in [0.3, 0.4) is 0 Å². The van der Waals surface area contributed by atoms with Gasteiger partial charge in [-0.2, -0.15) is 10.1 Å². The van der Waals surface area contributed by atoms with E-state index in [2.05, 4.69) is 46.3 Å². The predicted octanol–water partition coefficient (Wildman–Crippen LogP) is 3.24. The van der Waals surface area contributed by atoms with Crippen molar-refractivity contribution in [3.63, 3.8) is 0 Å². The van der Waals surface area contributed by atoms with Crippen molar-refractivity contribution in [3.8, 4) is 0 Å². The van der Waals surface area contributed by atoms with Crippen molar-refractivity contribution in [1.82, 2.24) is 20.3 Å². The van der Waals surface area contributed by atoms with Crippen molar-refractivity contribution in [2.45, 2.75) is 38.5 Å². The number of H-pyrrole nitrogens is 1. The monoisotopic (exact) mass is 326 g/mol. The van der Waals surface area contributed by atoms with Crippen molar-refractivity contribution in [2.75, 3.05) is 13.2 Å². The molecule has 0 bridgehead atoms. The summed E-state index contributed by atoms with van der Waals surface area (Å²) in [5.41, 5.74) is 2.07. The van der Waals surface area contributed by atoms with Gasteiger partial charge in [-0.1, -0.05) is 25.1 Å². The van der Waals surface area contributed by atoms with E-state index in [1.807, 2.05) is 12.3 Å². The zero-order valence-electron chi connectivity index (χ0n) is 14.1. The molecule has 0 unspecified atom stereocenters. The highest BCUT2D eigenvalue weighted by atomic mass is 16.5. The Labute approximate surface area is 140 Å². The highest BCUT2D eigenvalue weighted by molar-refractivity contribution is 5.78. The van der Waals surface area contributed by atoms with Crippen LogP contribution in [0.15, 0.2) is 28.9 Å². The van der Waals surface area contributed by atoms with Gasteiger partial charge < -0.3 is 9.26 Å². The van der Waals surface area contributed by atoms with Gasteiger partial charge in [-0.15, -0.1) is 0 Å². The van der Waals surface area contributed by atoms with Crippen LogP contribution in [0.5, 0.6) is 0 Å². The number of ether oxygens (including phenoxy) is 1. The van der Waals surface area contributed by atoms with Gasteiger partial charge in [0.05, 0.1) is 11.7 Å². The zero-order chi connectivity index (χ0) is 16.6. The molecule has 4 rings (SSSR count). The van der Waals surface area contributed by atoms with E-state index in [0.717, 1.165) is 54.2 Å². The normalized spacial score (nSPS) is 16.8. The number of hydrogen-bond acceptors (Lipinski definition) is 5. The molecule has 0 aliphatic carbocycles. The lowest BCUT2D eigenvalue weighted by atomic mass is 9.74. The minimum Gasteiger partial charge on any atom is -0.381 e. The standard InChI is InChI=1S/C18H22N4O2/c1-18(2,14-5-7-23-8-6-14)17-20-16(22-24-17)10-12-3-4-15-13(9-12)11-19-21-15/h3-4,9,11,14H,5-8,10H2,1-2H3,(H,19,21). The Kier molecular flexibility index (Phi) is 3.84.